The first kappa shape index (κ1) is 41.5. The van der Waals surface area contributed by atoms with Gasteiger partial charge in [-0.15, -0.1) is 0 Å². The second-order valence-corrected chi connectivity index (χ2v) is 11.5. The van der Waals surface area contributed by atoms with Gasteiger partial charge in [-0.1, -0.05) is 64.2 Å². The molecule has 4 N–H and O–H groups in total. The maximum atomic E-state index is 8.67. The van der Waals surface area contributed by atoms with Crippen molar-refractivity contribution in [3.05, 3.63) is 0 Å². The zero-order valence-corrected chi connectivity index (χ0v) is 25.0. The van der Waals surface area contributed by atoms with Crippen LogP contribution in [0.15, 0.2) is 0 Å². The molecule has 0 saturated carbocycles. The lowest BCUT2D eigenvalue weighted by Crippen LogP contribution is -3.00. The van der Waals surface area contributed by atoms with E-state index in [-0.39, 0.29) is 12.4 Å². The molecule has 0 aliphatic carbocycles. The number of nitrogens with two attached hydrogens (primary N) is 1. The third-order valence-corrected chi connectivity index (χ3v) is 5.47. The van der Waals surface area contributed by atoms with Gasteiger partial charge in [-0.25, -0.2) is 0 Å². The van der Waals surface area contributed by atoms with E-state index in [1.54, 1.807) is 0 Å². The number of quaternary nitrogens is 2. The molecule has 0 spiro atoms. The van der Waals surface area contributed by atoms with Crippen LogP contribution in [0.1, 0.15) is 103 Å². The molecule has 35 heavy (non-hydrogen) atoms. The quantitative estimate of drug-likeness (QED) is 0.161. The van der Waals surface area contributed by atoms with Gasteiger partial charge >= 0.3 is 0 Å². The molecule has 0 fully saturated rings. The van der Waals surface area contributed by atoms with Crippen LogP contribution in [0, 0.1) is 0 Å². The van der Waals surface area contributed by atoms with E-state index in [2.05, 4.69) is 48.0 Å². The second-order valence-electron chi connectivity index (χ2n) is 11.5. The summed E-state index contributed by atoms with van der Waals surface area (Å²) in [7, 11) is 13.6. The fourth-order valence-corrected chi connectivity index (χ4v) is 3.52. The first-order valence-corrected chi connectivity index (χ1v) is 13.6. The highest BCUT2D eigenvalue weighted by Gasteiger charge is 2.05. The Labute approximate surface area is 224 Å². The molecule has 1 amide bonds. The van der Waals surface area contributed by atoms with E-state index in [0.717, 1.165) is 21.8 Å². The second kappa shape index (κ2) is 29.6. The van der Waals surface area contributed by atoms with Gasteiger partial charge in [0.15, 0.2) is 0 Å². The molecule has 0 aromatic rings. The van der Waals surface area contributed by atoms with Gasteiger partial charge < -0.3 is 47.2 Å². The Morgan fingerprint density at radius 3 is 0.886 bits per heavy atom. The summed E-state index contributed by atoms with van der Waals surface area (Å²) in [6.45, 7) is 3.32. The molecule has 0 rings (SSSR count). The minimum Gasteiger partial charge on any atom is -1.00 e. The number of aliphatic hydroxyl groups excluding tert-OH is 2. The summed E-state index contributed by atoms with van der Waals surface area (Å²) in [5, 5.41) is 25.9. The van der Waals surface area contributed by atoms with Crippen LogP contribution in [0.4, 0.5) is 4.79 Å². The zero-order chi connectivity index (χ0) is 26.7. The molecular formula is C27H62ClN3O4. The van der Waals surface area contributed by atoms with E-state index in [4.69, 9.17) is 20.1 Å². The molecule has 0 radical (unpaired) electrons. The summed E-state index contributed by atoms with van der Waals surface area (Å²) in [5.41, 5.74) is 3.92. The molecule has 0 heterocycles. The average Bonchev–Trinajstić information content (AvgIpc) is 2.70. The van der Waals surface area contributed by atoms with E-state index in [1.807, 2.05) is 0 Å². The van der Waals surface area contributed by atoms with Crippen molar-refractivity contribution in [2.24, 2.45) is 5.73 Å². The maximum Gasteiger partial charge on any atom is 0.131 e. The summed E-state index contributed by atoms with van der Waals surface area (Å²) in [5.74, 6) is 0. The lowest BCUT2D eigenvalue weighted by Gasteiger charge is -2.23. The molecule has 0 unspecified atom stereocenters. The van der Waals surface area contributed by atoms with Crippen molar-refractivity contribution >= 4 is 6.09 Å². The van der Waals surface area contributed by atoms with Crippen molar-refractivity contribution in [3.8, 4) is 0 Å². The molecule has 0 bridgehead atoms. The maximum absolute atomic E-state index is 8.67. The number of carbonyl (C=O) groups excluding carboxylic acids is 1. The number of primary amides is 1. The number of aliphatic hydroxyl groups is 2. The number of nitrogens with zero attached hydrogens (tertiary/aromatic N) is 2. The van der Waals surface area contributed by atoms with Gasteiger partial charge in [0.25, 0.3) is 0 Å². The van der Waals surface area contributed by atoms with Crippen LogP contribution in [-0.4, -0.2) is 93.9 Å². The standard InChI is InChI=1S/2C13H30NO.CH3NO2.ClH/c2*1-14(2,3)12-10-8-6-4-5-7-9-11-13-15;2-1(3)4;/h2*15H,4-13H2,1-3H3;2H2,(H,3,4);1H/q2*+1;;/p-2. The van der Waals surface area contributed by atoms with Crippen molar-refractivity contribution in [1.29, 1.82) is 0 Å². The molecule has 0 atom stereocenters. The number of hydrogen-bond donors (Lipinski definition) is 3. The van der Waals surface area contributed by atoms with Crippen molar-refractivity contribution < 1.29 is 41.5 Å². The molecule has 0 aliphatic heterocycles. The number of carboxylic acid groups (broad SMARTS) is 1. The van der Waals surface area contributed by atoms with Crippen LogP contribution in [0.3, 0.4) is 0 Å². The van der Waals surface area contributed by atoms with Crippen LogP contribution in [0.2, 0.25) is 0 Å². The summed E-state index contributed by atoms with van der Waals surface area (Å²) in [6.07, 6.45) is 19.1. The molecule has 0 aromatic carbocycles. The molecule has 0 saturated heterocycles. The number of rotatable bonds is 20. The van der Waals surface area contributed by atoms with Gasteiger partial charge in [0.05, 0.1) is 55.4 Å². The van der Waals surface area contributed by atoms with E-state index < -0.39 is 6.09 Å². The lowest BCUT2D eigenvalue weighted by molar-refractivity contribution is -0.870. The molecule has 7 nitrogen and oxygen atoms in total. The third kappa shape index (κ3) is 60.1. The third-order valence-electron chi connectivity index (χ3n) is 5.47. The van der Waals surface area contributed by atoms with Crippen LogP contribution in [0.25, 0.3) is 0 Å². The van der Waals surface area contributed by atoms with Gasteiger partial charge in [-0.2, -0.15) is 0 Å². The lowest BCUT2D eigenvalue weighted by atomic mass is 10.1. The number of carbonyl (C=O) groups is 1. The number of halogens is 1. The fourth-order valence-electron chi connectivity index (χ4n) is 3.52. The SMILES string of the molecule is C[N+](C)(C)CCCCCCCCCCO.C[N+](C)(C)CCCCCCCCCCO.NC(=O)[O-].[Cl-]. The van der Waals surface area contributed by atoms with Crippen LogP contribution in [-0.2, 0) is 0 Å². The topological polar surface area (TPSA) is 107 Å². The van der Waals surface area contributed by atoms with Gasteiger partial charge in [0.1, 0.15) is 6.09 Å². The number of unbranched alkanes of at least 4 members (excludes halogenated alkanes) is 14. The molecular weight excluding hydrogens is 466 g/mol. The highest BCUT2D eigenvalue weighted by Crippen LogP contribution is 2.10. The summed E-state index contributed by atoms with van der Waals surface area (Å²) < 4.78 is 2.19. The monoisotopic (exact) mass is 527 g/mol. The van der Waals surface area contributed by atoms with Crippen molar-refractivity contribution in [3.63, 3.8) is 0 Å². The predicted octanol–water partition coefficient (Wildman–Crippen LogP) is 0.904. The highest BCUT2D eigenvalue weighted by atomic mass is 35.5. The summed E-state index contributed by atoms with van der Waals surface area (Å²) in [4.78, 5) is 8.67. The van der Waals surface area contributed by atoms with Crippen LogP contribution in [0.5, 0.6) is 0 Å². The minimum absolute atomic E-state index is 0. The molecule has 0 aliphatic rings. The van der Waals surface area contributed by atoms with Gasteiger partial charge in [-0.3, -0.25) is 0 Å². The largest absolute Gasteiger partial charge is 1.00 e. The van der Waals surface area contributed by atoms with Crippen molar-refractivity contribution in [1.82, 2.24) is 0 Å². The highest BCUT2D eigenvalue weighted by molar-refractivity contribution is 5.58. The molecule has 216 valence electrons. The molecule has 8 heteroatoms. The van der Waals surface area contributed by atoms with E-state index in [1.165, 1.54) is 103 Å². The smallest absolute Gasteiger partial charge is 0.131 e. The molecule has 0 aromatic heterocycles. The van der Waals surface area contributed by atoms with Crippen LogP contribution < -0.4 is 23.2 Å². The van der Waals surface area contributed by atoms with Crippen molar-refractivity contribution in [2.45, 2.75) is 103 Å². The van der Waals surface area contributed by atoms with Crippen LogP contribution >= 0.6 is 0 Å². The number of hydrogen-bond acceptors (Lipinski definition) is 4. The first-order valence-electron chi connectivity index (χ1n) is 13.6. The van der Waals surface area contributed by atoms with Gasteiger partial charge in [-0.05, 0) is 38.5 Å². The number of amides is 1. The summed E-state index contributed by atoms with van der Waals surface area (Å²) >= 11 is 0. The Balaban J connectivity index is -0.000000232. The Morgan fingerprint density at radius 1 is 0.543 bits per heavy atom. The fraction of sp³-hybridized carbons (Fsp3) is 0.963. The van der Waals surface area contributed by atoms with E-state index >= 15 is 0 Å². The minimum atomic E-state index is -1.58. The first-order chi connectivity index (χ1) is 15.9. The Kier molecular flexibility index (Phi) is 35.2. The Hall–Kier alpha value is -0.600. The summed E-state index contributed by atoms with van der Waals surface area (Å²) in [6, 6.07) is 0. The zero-order valence-electron chi connectivity index (χ0n) is 24.2. The Bertz CT molecular complexity index is 378. The van der Waals surface area contributed by atoms with E-state index in [0.29, 0.717) is 13.2 Å². The average molecular weight is 528 g/mol. The normalized spacial score (nSPS) is 11.0. The predicted molar refractivity (Wildman–Crippen MR) is 143 cm³/mol. The van der Waals surface area contributed by atoms with E-state index in [9.17, 15) is 0 Å². The Morgan fingerprint density at radius 2 is 0.714 bits per heavy atom. The van der Waals surface area contributed by atoms with Gasteiger partial charge in [0.2, 0.25) is 0 Å². The van der Waals surface area contributed by atoms with Crippen molar-refractivity contribution in [2.75, 3.05) is 68.6 Å². The van der Waals surface area contributed by atoms with Gasteiger partial charge in [0, 0.05) is 13.2 Å².